The van der Waals surface area contributed by atoms with Crippen LogP contribution < -0.4 is 5.73 Å². The minimum absolute atomic E-state index is 0.132. The van der Waals surface area contributed by atoms with Crippen LogP contribution in [0.2, 0.25) is 0 Å². The second-order valence-electron chi connectivity index (χ2n) is 4.21. The van der Waals surface area contributed by atoms with Crippen molar-refractivity contribution in [2.75, 3.05) is 0 Å². The van der Waals surface area contributed by atoms with E-state index < -0.39 is 0 Å². The summed E-state index contributed by atoms with van der Waals surface area (Å²) in [4.78, 5) is 0. The van der Waals surface area contributed by atoms with Gasteiger partial charge in [-0.15, -0.1) is 0 Å². The molecule has 1 nitrogen and oxygen atoms in total. The van der Waals surface area contributed by atoms with Gasteiger partial charge in [0.1, 0.15) is 5.82 Å². The summed E-state index contributed by atoms with van der Waals surface area (Å²) in [6.07, 6.45) is 5.21. The van der Waals surface area contributed by atoms with Crippen molar-refractivity contribution >= 4 is 5.57 Å². The number of nitrogens with two attached hydrogens (primary N) is 1. The fourth-order valence-corrected chi connectivity index (χ4v) is 1.99. The number of hydrogen-bond acceptors (Lipinski definition) is 1. The summed E-state index contributed by atoms with van der Waals surface area (Å²) in [6.45, 7) is 1.78. The van der Waals surface area contributed by atoms with Gasteiger partial charge in [0.25, 0.3) is 0 Å². The van der Waals surface area contributed by atoms with Gasteiger partial charge in [0.15, 0.2) is 0 Å². The monoisotopic (exact) mass is 205 g/mol. The molecule has 1 aromatic rings. The van der Waals surface area contributed by atoms with E-state index >= 15 is 0 Å². The Morgan fingerprint density at radius 2 is 2.20 bits per heavy atom. The number of halogens is 1. The Labute approximate surface area is 89.8 Å². The van der Waals surface area contributed by atoms with E-state index in [-0.39, 0.29) is 11.9 Å². The van der Waals surface area contributed by atoms with Gasteiger partial charge >= 0.3 is 0 Å². The van der Waals surface area contributed by atoms with Crippen LogP contribution >= 0.6 is 0 Å². The summed E-state index contributed by atoms with van der Waals surface area (Å²) < 4.78 is 13.4. The number of benzene rings is 1. The van der Waals surface area contributed by atoms with Crippen molar-refractivity contribution in [2.24, 2.45) is 5.73 Å². The molecule has 1 aromatic carbocycles. The lowest BCUT2D eigenvalue weighted by atomic mass is 9.91. The maximum atomic E-state index is 13.4. The molecule has 0 aliphatic heterocycles. The third-order valence-corrected chi connectivity index (χ3v) is 2.94. The second-order valence-corrected chi connectivity index (χ2v) is 4.21. The maximum absolute atomic E-state index is 13.4. The molecule has 0 fully saturated rings. The lowest BCUT2D eigenvalue weighted by Gasteiger charge is -2.18. The third-order valence-electron chi connectivity index (χ3n) is 2.94. The van der Waals surface area contributed by atoms with Crippen molar-refractivity contribution in [1.29, 1.82) is 0 Å². The van der Waals surface area contributed by atoms with Crippen molar-refractivity contribution in [1.82, 2.24) is 0 Å². The molecule has 15 heavy (non-hydrogen) atoms. The van der Waals surface area contributed by atoms with Gasteiger partial charge in [-0.05, 0) is 49.0 Å². The first-order chi connectivity index (χ1) is 7.16. The largest absolute Gasteiger partial charge is 0.324 e. The van der Waals surface area contributed by atoms with Crippen LogP contribution in [-0.4, -0.2) is 6.04 Å². The predicted octanol–water partition coefficient (Wildman–Crippen LogP) is 3.03. The molecule has 1 aliphatic rings. The highest BCUT2D eigenvalue weighted by molar-refractivity contribution is 5.67. The van der Waals surface area contributed by atoms with Gasteiger partial charge in [-0.3, -0.25) is 0 Å². The van der Waals surface area contributed by atoms with Crippen LogP contribution in [0.5, 0.6) is 0 Å². The van der Waals surface area contributed by atoms with Crippen LogP contribution in [0.25, 0.3) is 5.57 Å². The van der Waals surface area contributed by atoms with Crippen LogP contribution in [0.4, 0.5) is 4.39 Å². The average molecular weight is 205 g/mol. The Balaban J connectivity index is 2.33. The normalized spacial score (nSPS) is 21.3. The highest BCUT2D eigenvalue weighted by Crippen LogP contribution is 2.27. The third kappa shape index (κ3) is 2.26. The van der Waals surface area contributed by atoms with Gasteiger partial charge in [0, 0.05) is 6.04 Å². The molecule has 0 spiro atoms. The topological polar surface area (TPSA) is 26.0 Å². The molecule has 2 heteroatoms. The Morgan fingerprint density at radius 3 is 2.87 bits per heavy atom. The van der Waals surface area contributed by atoms with E-state index in [4.69, 9.17) is 5.73 Å². The Hall–Kier alpha value is -1.15. The predicted molar refractivity (Wildman–Crippen MR) is 60.9 cm³/mol. The van der Waals surface area contributed by atoms with E-state index in [0.29, 0.717) is 5.56 Å². The van der Waals surface area contributed by atoms with Crippen LogP contribution in [0.15, 0.2) is 24.3 Å². The van der Waals surface area contributed by atoms with Gasteiger partial charge in [-0.1, -0.05) is 18.2 Å². The molecule has 0 bridgehead atoms. The lowest BCUT2D eigenvalue weighted by molar-refractivity contribution is 0.616. The summed E-state index contributed by atoms with van der Waals surface area (Å²) >= 11 is 0. The number of aryl methyl sites for hydroxylation is 1. The summed E-state index contributed by atoms with van der Waals surface area (Å²) in [5, 5.41) is 0. The smallest absolute Gasteiger partial charge is 0.126 e. The van der Waals surface area contributed by atoms with Crippen molar-refractivity contribution < 1.29 is 4.39 Å². The molecule has 2 N–H and O–H groups in total. The first-order valence-corrected chi connectivity index (χ1v) is 5.39. The zero-order chi connectivity index (χ0) is 10.8. The molecule has 0 saturated carbocycles. The molecule has 0 amide bonds. The number of rotatable bonds is 1. The molecule has 0 radical (unpaired) electrons. The summed E-state index contributed by atoms with van der Waals surface area (Å²) in [5.41, 5.74) is 8.72. The van der Waals surface area contributed by atoms with E-state index in [1.54, 1.807) is 13.0 Å². The fraction of sp³-hybridized carbons (Fsp3) is 0.385. The SMILES string of the molecule is Cc1ccc(C2=CC(N)CCC2)cc1F. The Bertz CT molecular complexity index is 396. The quantitative estimate of drug-likeness (QED) is 0.749. The fourth-order valence-electron chi connectivity index (χ4n) is 1.99. The molecule has 0 heterocycles. The standard InChI is InChI=1S/C13H16FN/c1-9-5-6-11(8-13(9)14)10-3-2-4-12(15)7-10/h5-8,12H,2-4,15H2,1H3. The van der Waals surface area contributed by atoms with E-state index in [2.05, 4.69) is 6.08 Å². The first-order valence-electron chi connectivity index (χ1n) is 5.39. The molecule has 0 aromatic heterocycles. The molecular formula is C13H16FN. The highest BCUT2D eigenvalue weighted by Gasteiger charge is 2.12. The molecule has 80 valence electrons. The van der Waals surface area contributed by atoms with E-state index in [1.165, 1.54) is 5.57 Å². The van der Waals surface area contributed by atoms with Crippen LogP contribution in [0, 0.1) is 12.7 Å². The molecule has 1 atom stereocenters. The molecule has 0 saturated heterocycles. The molecule has 1 aliphatic carbocycles. The summed E-state index contributed by atoms with van der Waals surface area (Å²) in [5.74, 6) is -0.132. The number of allylic oxidation sites excluding steroid dienone is 1. The molecule has 2 rings (SSSR count). The van der Waals surface area contributed by atoms with Crippen molar-refractivity contribution in [3.63, 3.8) is 0 Å². The van der Waals surface area contributed by atoms with E-state index in [9.17, 15) is 4.39 Å². The first kappa shape index (κ1) is 10.4. The highest BCUT2D eigenvalue weighted by atomic mass is 19.1. The van der Waals surface area contributed by atoms with Crippen LogP contribution in [0.1, 0.15) is 30.4 Å². The summed E-state index contributed by atoms with van der Waals surface area (Å²) in [6, 6.07) is 5.55. The minimum Gasteiger partial charge on any atom is -0.324 e. The zero-order valence-corrected chi connectivity index (χ0v) is 8.96. The average Bonchev–Trinajstić information content (AvgIpc) is 2.22. The van der Waals surface area contributed by atoms with Crippen molar-refractivity contribution in [3.8, 4) is 0 Å². The Morgan fingerprint density at radius 1 is 1.40 bits per heavy atom. The van der Waals surface area contributed by atoms with Crippen LogP contribution in [-0.2, 0) is 0 Å². The Kier molecular flexibility index (Phi) is 2.87. The van der Waals surface area contributed by atoms with Crippen molar-refractivity contribution in [3.05, 3.63) is 41.2 Å². The van der Waals surface area contributed by atoms with Crippen LogP contribution in [0.3, 0.4) is 0 Å². The minimum atomic E-state index is -0.132. The van der Waals surface area contributed by atoms with Gasteiger partial charge in [-0.2, -0.15) is 0 Å². The molecular weight excluding hydrogens is 189 g/mol. The maximum Gasteiger partial charge on any atom is 0.126 e. The summed E-state index contributed by atoms with van der Waals surface area (Å²) in [7, 11) is 0. The zero-order valence-electron chi connectivity index (χ0n) is 8.96. The molecule has 1 unspecified atom stereocenters. The van der Waals surface area contributed by atoms with E-state index in [1.807, 2.05) is 12.1 Å². The van der Waals surface area contributed by atoms with Gasteiger partial charge in [0.05, 0.1) is 0 Å². The van der Waals surface area contributed by atoms with Gasteiger partial charge in [0.2, 0.25) is 0 Å². The van der Waals surface area contributed by atoms with E-state index in [0.717, 1.165) is 24.8 Å². The second kappa shape index (κ2) is 4.15. The van der Waals surface area contributed by atoms with Gasteiger partial charge in [-0.25, -0.2) is 4.39 Å². The van der Waals surface area contributed by atoms with Crippen molar-refractivity contribution in [2.45, 2.75) is 32.2 Å². The van der Waals surface area contributed by atoms with Gasteiger partial charge < -0.3 is 5.73 Å². The lowest BCUT2D eigenvalue weighted by Crippen LogP contribution is -2.20. The number of hydrogen-bond donors (Lipinski definition) is 1.